The quantitative estimate of drug-likeness (QED) is 0.486. The average molecular weight is 547 g/mol. The van der Waals surface area contributed by atoms with Crippen LogP contribution in [0, 0.1) is 11.3 Å². The molecule has 1 amide bonds. The third kappa shape index (κ3) is 6.79. The van der Waals surface area contributed by atoms with Gasteiger partial charge in [0, 0.05) is 18.9 Å². The highest BCUT2D eigenvalue weighted by molar-refractivity contribution is 5.85. The van der Waals surface area contributed by atoms with E-state index in [0.717, 1.165) is 12.1 Å². The molecule has 1 heterocycles. The standard InChI is InChI=1S/C29H33F3N2O5/c1-18(2)34-26(35)28(37-17-21-8-6-5-7-20(21)15-33)13-23(25-24(14-28)38-27(3,4)39-25)36-16-19-9-11-22(12-10-19)29(30,31)32/h5-12,18,23-25H,13-14,16-17H2,1-4H3,(H,34,35)/t23-,24+,25-,28+/m0/s1. The van der Waals surface area contributed by atoms with E-state index in [1.54, 1.807) is 38.1 Å². The van der Waals surface area contributed by atoms with Crippen LogP contribution in [0.2, 0.25) is 0 Å². The van der Waals surface area contributed by atoms with E-state index in [2.05, 4.69) is 11.4 Å². The van der Waals surface area contributed by atoms with Gasteiger partial charge in [0.25, 0.3) is 5.91 Å². The number of fused-ring (bicyclic) bond motifs is 1. The van der Waals surface area contributed by atoms with Crippen molar-refractivity contribution in [3.63, 3.8) is 0 Å². The highest BCUT2D eigenvalue weighted by Gasteiger charge is 2.58. The number of carbonyl (C=O) groups excluding carboxylic acids is 1. The summed E-state index contributed by atoms with van der Waals surface area (Å²) in [5.41, 5.74) is -0.465. The molecule has 2 aromatic rings. The molecule has 0 unspecified atom stereocenters. The van der Waals surface area contributed by atoms with Crippen LogP contribution in [-0.2, 0) is 43.1 Å². The highest BCUT2D eigenvalue weighted by Crippen LogP contribution is 2.44. The molecular formula is C29H33F3N2O5. The molecule has 1 saturated carbocycles. The van der Waals surface area contributed by atoms with Crippen LogP contribution in [0.5, 0.6) is 0 Å². The molecule has 4 rings (SSSR count). The summed E-state index contributed by atoms with van der Waals surface area (Å²) in [6, 6.07) is 13.7. The lowest BCUT2D eigenvalue weighted by Gasteiger charge is -2.43. The number of alkyl halides is 3. The second-order valence-corrected chi connectivity index (χ2v) is 10.8. The second-order valence-electron chi connectivity index (χ2n) is 10.8. The molecule has 0 spiro atoms. The molecule has 0 aromatic heterocycles. The Labute approximate surface area is 226 Å². The zero-order valence-electron chi connectivity index (χ0n) is 22.4. The maximum Gasteiger partial charge on any atom is 0.416 e. The first-order valence-corrected chi connectivity index (χ1v) is 12.9. The van der Waals surface area contributed by atoms with Gasteiger partial charge in [0.15, 0.2) is 11.4 Å². The van der Waals surface area contributed by atoms with Crippen molar-refractivity contribution in [3.8, 4) is 6.07 Å². The first kappa shape index (κ1) is 29.0. The van der Waals surface area contributed by atoms with Crippen molar-refractivity contribution in [1.82, 2.24) is 5.32 Å². The molecule has 10 heteroatoms. The summed E-state index contributed by atoms with van der Waals surface area (Å²) in [7, 11) is 0. The van der Waals surface area contributed by atoms with Gasteiger partial charge in [-0.25, -0.2) is 0 Å². The van der Waals surface area contributed by atoms with Gasteiger partial charge >= 0.3 is 6.18 Å². The molecule has 1 aliphatic heterocycles. The molecular weight excluding hydrogens is 513 g/mol. The molecule has 0 bridgehead atoms. The zero-order valence-corrected chi connectivity index (χ0v) is 22.4. The summed E-state index contributed by atoms with van der Waals surface area (Å²) in [6.07, 6.45) is -5.80. The van der Waals surface area contributed by atoms with E-state index in [1.165, 1.54) is 12.1 Å². The minimum Gasteiger partial charge on any atom is -0.371 e. The van der Waals surface area contributed by atoms with Crippen molar-refractivity contribution in [2.75, 3.05) is 0 Å². The molecule has 0 radical (unpaired) electrons. The number of benzene rings is 2. The smallest absolute Gasteiger partial charge is 0.371 e. The Morgan fingerprint density at radius 3 is 2.44 bits per heavy atom. The lowest BCUT2D eigenvalue weighted by Crippen LogP contribution is -2.60. The number of nitriles is 1. The van der Waals surface area contributed by atoms with Crippen LogP contribution in [0.1, 0.15) is 62.8 Å². The van der Waals surface area contributed by atoms with Gasteiger partial charge in [-0.1, -0.05) is 30.3 Å². The Hall–Kier alpha value is -2.97. The van der Waals surface area contributed by atoms with Crippen LogP contribution in [0.4, 0.5) is 13.2 Å². The number of ether oxygens (including phenoxy) is 4. The summed E-state index contributed by atoms with van der Waals surface area (Å²) in [5, 5.41) is 12.5. The molecule has 39 heavy (non-hydrogen) atoms. The fraction of sp³-hybridized carbons (Fsp3) is 0.517. The maximum absolute atomic E-state index is 13.6. The number of nitrogens with zero attached hydrogens (tertiary/aromatic N) is 1. The van der Waals surface area contributed by atoms with Gasteiger partial charge in [-0.15, -0.1) is 0 Å². The summed E-state index contributed by atoms with van der Waals surface area (Å²) in [4.78, 5) is 13.6. The van der Waals surface area contributed by atoms with Crippen LogP contribution in [0.3, 0.4) is 0 Å². The van der Waals surface area contributed by atoms with Crippen molar-refractivity contribution in [2.24, 2.45) is 0 Å². The molecule has 2 aliphatic rings. The number of nitrogens with one attached hydrogen (secondary N) is 1. The minimum absolute atomic E-state index is 0.00889. The topological polar surface area (TPSA) is 89.8 Å². The molecule has 210 valence electrons. The summed E-state index contributed by atoms with van der Waals surface area (Å²) >= 11 is 0. The molecule has 2 fully saturated rings. The van der Waals surface area contributed by atoms with Gasteiger partial charge in [-0.2, -0.15) is 18.4 Å². The van der Waals surface area contributed by atoms with Crippen LogP contribution in [0.15, 0.2) is 48.5 Å². The number of halogens is 3. The van der Waals surface area contributed by atoms with Gasteiger partial charge in [-0.05, 0) is 57.0 Å². The third-order valence-electron chi connectivity index (χ3n) is 6.87. The number of hydrogen-bond donors (Lipinski definition) is 1. The average Bonchev–Trinajstić information content (AvgIpc) is 3.19. The number of amides is 1. The van der Waals surface area contributed by atoms with Crippen LogP contribution < -0.4 is 5.32 Å². The highest BCUT2D eigenvalue weighted by atomic mass is 19.4. The molecule has 7 nitrogen and oxygen atoms in total. The summed E-state index contributed by atoms with van der Waals surface area (Å²) in [5.74, 6) is -1.26. The lowest BCUT2D eigenvalue weighted by molar-refractivity contribution is -0.183. The van der Waals surface area contributed by atoms with E-state index in [4.69, 9.17) is 18.9 Å². The normalized spacial score (nSPS) is 26.2. The van der Waals surface area contributed by atoms with Crippen LogP contribution >= 0.6 is 0 Å². The van der Waals surface area contributed by atoms with Gasteiger partial charge in [0.1, 0.15) is 6.10 Å². The molecule has 1 N–H and O–H groups in total. The molecule has 1 saturated heterocycles. The van der Waals surface area contributed by atoms with E-state index >= 15 is 0 Å². The van der Waals surface area contributed by atoms with E-state index in [1.807, 2.05) is 13.8 Å². The Balaban J connectivity index is 1.60. The maximum atomic E-state index is 13.6. The van der Waals surface area contributed by atoms with Crippen molar-refractivity contribution in [1.29, 1.82) is 5.26 Å². The van der Waals surface area contributed by atoms with Crippen molar-refractivity contribution in [2.45, 2.75) is 95.7 Å². The summed E-state index contributed by atoms with van der Waals surface area (Å²) in [6.45, 7) is 7.27. The Kier molecular flexibility index (Phi) is 8.38. The first-order chi connectivity index (χ1) is 18.3. The van der Waals surface area contributed by atoms with Gasteiger partial charge in [0.2, 0.25) is 0 Å². The van der Waals surface area contributed by atoms with Crippen LogP contribution in [-0.4, -0.2) is 41.6 Å². The second kappa shape index (κ2) is 11.3. The molecule has 4 atom stereocenters. The fourth-order valence-electron chi connectivity index (χ4n) is 5.07. The zero-order chi connectivity index (χ0) is 28.4. The lowest BCUT2D eigenvalue weighted by atomic mass is 9.78. The van der Waals surface area contributed by atoms with E-state index in [9.17, 15) is 23.2 Å². The SMILES string of the molecule is CC(C)NC(=O)[C@@]1(OCc2ccccc2C#N)C[C@H](OCc2ccc(C(F)(F)F)cc2)[C@@H]2OC(C)(C)O[C@@H]2C1. The molecule has 2 aromatic carbocycles. The number of hydrogen-bond acceptors (Lipinski definition) is 6. The predicted octanol–water partition coefficient (Wildman–Crippen LogP) is 5.26. The number of carbonyl (C=O) groups is 1. The number of rotatable bonds is 8. The van der Waals surface area contributed by atoms with Crippen LogP contribution in [0.25, 0.3) is 0 Å². The van der Waals surface area contributed by atoms with Crippen molar-refractivity contribution in [3.05, 3.63) is 70.8 Å². The Morgan fingerprint density at radius 1 is 1.10 bits per heavy atom. The molecule has 1 aliphatic carbocycles. The minimum atomic E-state index is -4.43. The monoisotopic (exact) mass is 546 g/mol. The Bertz CT molecular complexity index is 1210. The first-order valence-electron chi connectivity index (χ1n) is 12.9. The van der Waals surface area contributed by atoms with Gasteiger partial charge in [-0.3, -0.25) is 4.79 Å². The van der Waals surface area contributed by atoms with Crippen molar-refractivity contribution >= 4 is 5.91 Å². The van der Waals surface area contributed by atoms with E-state index in [-0.39, 0.29) is 38.0 Å². The van der Waals surface area contributed by atoms with Gasteiger partial charge in [0.05, 0.1) is 42.6 Å². The van der Waals surface area contributed by atoms with Crippen molar-refractivity contribution < 1.29 is 36.9 Å². The van der Waals surface area contributed by atoms with Gasteiger partial charge < -0.3 is 24.3 Å². The Morgan fingerprint density at radius 2 is 1.79 bits per heavy atom. The third-order valence-corrected chi connectivity index (χ3v) is 6.87. The summed E-state index contributed by atoms with van der Waals surface area (Å²) < 4.78 is 63.8. The predicted molar refractivity (Wildman–Crippen MR) is 135 cm³/mol. The van der Waals surface area contributed by atoms with E-state index in [0.29, 0.717) is 16.7 Å². The largest absolute Gasteiger partial charge is 0.416 e. The van der Waals surface area contributed by atoms with E-state index < -0.39 is 41.4 Å². The fourth-order valence-corrected chi connectivity index (χ4v) is 5.07.